The Bertz CT molecular complexity index is 1000. The molecule has 2 aromatic carbocycles. The number of nitrogens with one attached hydrogen (secondary N) is 1. The summed E-state index contributed by atoms with van der Waals surface area (Å²) >= 11 is 0. The van der Waals surface area contributed by atoms with E-state index in [2.05, 4.69) is 20.7 Å². The van der Waals surface area contributed by atoms with E-state index in [4.69, 9.17) is 21.1 Å². The topological polar surface area (TPSA) is 225 Å². The maximum Gasteiger partial charge on any atom is 0.291 e. The zero-order valence-corrected chi connectivity index (χ0v) is 14.9. The highest BCUT2D eigenvalue weighted by molar-refractivity contribution is 5.85. The van der Waals surface area contributed by atoms with Gasteiger partial charge in [-0.3, -0.25) is 20.2 Å². The summed E-state index contributed by atoms with van der Waals surface area (Å²) in [5, 5.41) is 46.1. The summed E-state index contributed by atoms with van der Waals surface area (Å²) in [4.78, 5) is 28.7. The molecule has 30 heavy (non-hydrogen) atoms. The van der Waals surface area contributed by atoms with Gasteiger partial charge in [0.05, 0.1) is 22.3 Å². The van der Waals surface area contributed by atoms with Crippen LogP contribution in [-0.2, 0) is 0 Å². The number of hydrogen-bond acceptors (Lipinski definition) is 9. The molecule has 0 aliphatic carbocycles. The highest BCUT2D eigenvalue weighted by Crippen LogP contribution is 2.12. The van der Waals surface area contributed by atoms with Crippen LogP contribution in [0.2, 0.25) is 0 Å². The van der Waals surface area contributed by atoms with Crippen LogP contribution in [0.25, 0.3) is 0 Å². The largest absolute Gasteiger partial charge is 0.367 e. The van der Waals surface area contributed by atoms with Gasteiger partial charge < -0.3 is 10.9 Å². The fourth-order valence-electron chi connectivity index (χ4n) is 1.79. The van der Waals surface area contributed by atoms with Gasteiger partial charge in [0.25, 0.3) is 16.5 Å². The number of rotatable bonds is 6. The van der Waals surface area contributed by atoms with Crippen molar-refractivity contribution in [1.29, 1.82) is 0 Å². The van der Waals surface area contributed by atoms with Crippen molar-refractivity contribution in [3.63, 3.8) is 0 Å². The lowest BCUT2D eigenvalue weighted by Gasteiger charge is -1.97. The molecule has 0 aliphatic rings. The lowest BCUT2D eigenvalue weighted by molar-refractivity contribution is -0.742. The normalized spacial score (nSPS) is 11.0. The third kappa shape index (κ3) is 9.12. The van der Waals surface area contributed by atoms with Crippen molar-refractivity contribution in [2.45, 2.75) is 0 Å². The molecular weight excluding hydrogens is 404 g/mol. The number of benzene rings is 2. The Hall–Kier alpha value is -4.95. The van der Waals surface area contributed by atoms with Crippen LogP contribution in [0.1, 0.15) is 11.1 Å². The molecule has 2 aromatic rings. The molecule has 4 N–H and O–H groups in total. The molecule has 0 unspecified atom stereocenters. The Morgan fingerprint density at radius 3 is 1.87 bits per heavy atom. The first-order valence-electron chi connectivity index (χ1n) is 7.67. The summed E-state index contributed by atoms with van der Waals surface area (Å²) in [6, 6.07) is 11.7. The Balaban J connectivity index is 0.00000103. The van der Waals surface area contributed by atoms with E-state index < -0.39 is 14.9 Å². The van der Waals surface area contributed by atoms with Gasteiger partial charge >= 0.3 is 0 Å². The molecule has 0 aliphatic heterocycles. The quantitative estimate of drug-likeness (QED) is 0.266. The molecule has 0 heterocycles. The Morgan fingerprint density at radius 2 is 1.40 bits per heavy atom. The van der Waals surface area contributed by atoms with Gasteiger partial charge in [-0.2, -0.15) is 10.2 Å². The lowest BCUT2D eigenvalue weighted by Crippen LogP contribution is -2.26. The van der Waals surface area contributed by atoms with E-state index in [9.17, 15) is 20.2 Å². The van der Waals surface area contributed by atoms with E-state index in [1.165, 1.54) is 48.8 Å². The number of guanidine groups is 1. The molecule has 156 valence electrons. The van der Waals surface area contributed by atoms with E-state index in [0.29, 0.717) is 11.1 Å². The van der Waals surface area contributed by atoms with E-state index in [-0.39, 0.29) is 17.3 Å². The van der Waals surface area contributed by atoms with E-state index >= 15 is 0 Å². The average molecular weight is 418 g/mol. The standard InChI is InChI=1S/C15H13N7O4.HNO3/c16-15(19-17-9-11-3-1-5-13(7-11)21(23)24)20-18-10-12-4-2-6-14(8-12)22(25)26;2-1(3)4/h1-10H,(H3,16,19,20);(H,2,3,4)/b17-9-,18-10+;. The van der Waals surface area contributed by atoms with Crippen molar-refractivity contribution in [2.24, 2.45) is 21.0 Å². The zero-order chi connectivity index (χ0) is 22.5. The van der Waals surface area contributed by atoms with Crippen LogP contribution in [0.3, 0.4) is 0 Å². The summed E-state index contributed by atoms with van der Waals surface area (Å²) in [6.07, 6.45) is 2.63. The number of nitro groups is 2. The van der Waals surface area contributed by atoms with Gasteiger partial charge in [-0.15, -0.1) is 15.2 Å². The van der Waals surface area contributed by atoms with Crippen LogP contribution in [0, 0.1) is 30.3 Å². The molecule has 15 nitrogen and oxygen atoms in total. The fourth-order valence-corrected chi connectivity index (χ4v) is 1.79. The number of nitro benzene ring substituents is 2. The third-order valence-corrected chi connectivity index (χ3v) is 2.93. The predicted octanol–water partition coefficient (Wildman–Crippen LogP) is 1.43. The van der Waals surface area contributed by atoms with Gasteiger partial charge in [0, 0.05) is 35.4 Å². The maximum atomic E-state index is 10.7. The summed E-state index contributed by atoms with van der Waals surface area (Å²) in [5.41, 5.74) is 8.81. The minimum Gasteiger partial charge on any atom is -0.367 e. The minimum atomic E-state index is -1.50. The highest BCUT2D eigenvalue weighted by Gasteiger charge is 2.04. The molecule has 0 spiro atoms. The number of hydrogen-bond donors (Lipinski definition) is 3. The molecule has 2 rings (SSSR count). The molecule has 0 saturated carbocycles. The SMILES string of the molecule is N/C(=N\N=C/c1cccc([N+](=O)[O-])c1)N/N=C/c1cccc([N+](=O)[O-])c1.O=[N+]([O-])O. The van der Waals surface area contributed by atoms with Crippen molar-refractivity contribution < 1.29 is 20.1 Å². The molecule has 0 amide bonds. The molecule has 0 atom stereocenters. The number of nitrogens with two attached hydrogens (primary N) is 1. The zero-order valence-electron chi connectivity index (χ0n) is 14.9. The predicted molar refractivity (Wildman–Crippen MR) is 105 cm³/mol. The monoisotopic (exact) mass is 418 g/mol. The van der Waals surface area contributed by atoms with Crippen LogP contribution < -0.4 is 11.2 Å². The molecule has 0 saturated heterocycles. The van der Waals surface area contributed by atoms with Crippen LogP contribution in [0.4, 0.5) is 11.4 Å². The number of nitrogens with zero attached hydrogens (tertiary/aromatic N) is 6. The fraction of sp³-hybridized carbons (Fsp3) is 0. The van der Waals surface area contributed by atoms with Gasteiger partial charge in [0.2, 0.25) is 5.96 Å². The van der Waals surface area contributed by atoms with Crippen molar-refractivity contribution >= 4 is 29.8 Å². The first-order chi connectivity index (χ1) is 14.2. The van der Waals surface area contributed by atoms with E-state index in [1.54, 1.807) is 12.1 Å². The van der Waals surface area contributed by atoms with Gasteiger partial charge in [-0.05, 0) is 0 Å². The average Bonchev–Trinajstić information content (AvgIpc) is 2.68. The van der Waals surface area contributed by atoms with Crippen LogP contribution in [-0.4, -0.2) is 38.5 Å². The van der Waals surface area contributed by atoms with Gasteiger partial charge in [0.15, 0.2) is 0 Å². The summed E-state index contributed by atoms with van der Waals surface area (Å²) in [5.74, 6) is -0.131. The maximum absolute atomic E-state index is 10.7. The smallest absolute Gasteiger partial charge is 0.291 e. The summed E-state index contributed by atoms with van der Waals surface area (Å²) in [7, 11) is 0. The molecule has 15 heteroatoms. The molecule has 0 radical (unpaired) electrons. The highest BCUT2D eigenvalue weighted by atomic mass is 16.9. The third-order valence-electron chi connectivity index (χ3n) is 2.93. The van der Waals surface area contributed by atoms with Crippen molar-refractivity contribution in [3.05, 3.63) is 90.0 Å². The minimum absolute atomic E-state index is 0.0582. The first-order valence-corrected chi connectivity index (χ1v) is 7.67. The van der Waals surface area contributed by atoms with Gasteiger partial charge in [-0.25, -0.2) is 5.43 Å². The van der Waals surface area contributed by atoms with Gasteiger partial charge in [0.1, 0.15) is 0 Å². The van der Waals surface area contributed by atoms with Crippen LogP contribution in [0.15, 0.2) is 63.8 Å². The molecule has 0 fully saturated rings. The van der Waals surface area contributed by atoms with E-state index in [1.807, 2.05) is 0 Å². The Morgan fingerprint density at radius 1 is 0.933 bits per heavy atom. The van der Waals surface area contributed by atoms with Crippen molar-refractivity contribution in [3.8, 4) is 0 Å². The summed E-state index contributed by atoms with van der Waals surface area (Å²) < 4.78 is 0. The van der Waals surface area contributed by atoms with E-state index in [0.717, 1.165) is 0 Å². The van der Waals surface area contributed by atoms with Crippen molar-refractivity contribution in [1.82, 2.24) is 5.43 Å². The Labute approximate surface area is 167 Å². The molecule has 0 aromatic heterocycles. The van der Waals surface area contributed by atoms with Gasteiger partial charge in [-0.1, -0.05) is 24.3 Å². The number of hydrazone groups is 1. The van der Waals surface area contributed by atoms with Crippen LogP contribution >= 0.6 is 0 Å². The second-order valence-corrected chi connectivity index (χ2v) is 5.04. The van der Waals surface area contributed by atoms with Crippen molar-refractivity contribution in [2.75, 3.05) is 0 Å². The number of non-ortho nitro benzene ring substituents is 2. The summed E-state index contributed by atoms with van der Waals surface area (Å²) in [6.45, 7) is 0. The lowest BCUT2D eigenvalue weighted by atomic mass is 10.2. The Kier molecular flexibility index (Phi) is 9.00. The second kappa shape index (κ2) is 11.7. The molecular formula is C15H14N8O7. The first kappa shape index (κ1) is 23.1. The molecule has 0 bridgehead atoms. The second-order valence-electron chi connectivity index (χ2n) is 5.04. The van der Waals surface area contributed by atoms with Crippen LogP contribution in [0.5, 0.6) is 0 Å².